The molecule has 0 fully saturated rings. The highest BCUT2D eigenvalue weighted by Gasteiger charge is 2.22. The fourth-order valence-electron chi connectivity index (χ4n) is 3.72. The Kier molecular flexibility index (Phi) is 6.35. The second kappa shape index (κ2) is 9.53. The fourth-order valence-corrected chi connectivity index (χ4v) is 3.72. The Morgan fingerprint density at radius 3 is 2.50 bits per heavy atom. The predicted molar refractivity (Wildman–Crippen MR) is 131 cm³/mol. The molecule has 5 N–H and O–H groups in total. The van der Waals surface area contributed by atoms with E-state index in [0.29, 0.717) is 28.6 Å². The SMILES string of the molecule is COc1cc(C)cc(C(Nc2ccc(C(=N)N)cc2)c2nn(-c3ccccc3OC)c(=O)[nH]2)c1. The lowest BCUT2D eigenvalue weighted by atomic mass is 10.0. The van der Waals surface area contributed by atoms with E-state index in [2.05, 4.69) is 15.4 Å². The Bertz CT molecular complexity index is 1370. The first-order valence-corrected chi connectivity index (χ1v) is 10.6. The smallest absolute Gasteiger partial charge is 0.348 e. The zero-order valence-electron chi connectivity index (χ0n) is 19.1. The Labute approximate surface area is 196 Å². The molecule has 0 bridgehead atoms. The second-order valence-electron chi connectivity index (χ2n) is 7.75. The number of hydrogen-bond acceptors (Lipinski definition) is 6. The van der Waals surface area contributed by atoms with Gasteiger partial charge >= 0.3 is 5.69 Å². The van der Waals surface area contributed by atoms with Gasteiger partial charge in [-0.2, -0.15) is 4.68 Å². The molecule has 1 unspecified atom stereocenters. The second-order valence-corrected chi connectivity index (χ2v) is 7.75. The Balaban J connectivity index is 1.81. The lowest BCUT2D eigenvalue weighted by Crippen LogP contribution is -2.16. The summed E-state index contributed by atoms with van der Waals surface area (Å²) in [5, 5.41) is 15.6. The molecule has 9 heteroatoms. The van der Waals surface area contributed by atoms with Gasteiger partial charge in [-0.15, -0.1) is 5.10 Å². The summed E-state index contributed by atoms with van der Waals surface area (Å²) in [6.07, 6.45) is 0. The molecular weight excluding hydrogens is 432 g/mol. The van der Waals surface area contributed by atoms with Crippen LogP contribution in [-0.2, 0) is 0 Å². The van der Waals surface area contributed by atoms with Gasteiger partial charge in [0.1, 0.15) is 29.1 Å². The van der Waals surface area contributed by atoms with Crippen molar-refractivity contribution in [3.05, 3.63) is 99.7 Å². The van der Waals surface area contributed by atoms with Crippen LogP contribution in [0.1, 0.15) is 28.6 Å². The molecule has 3 aromatic carbocycles. The van der Waals surface area contributed by atoms with Crippen molar-refractivity contribution in [3.63, 3.8) is 0 Å². The van der Waals surface area contributed by atoms with E-state index in [1.54, 1.807) is 38.5 Å². The van der Waals surface area contributed by atoms with Crippen molar-refractivity contribution in [2.75, 3.05) is 19.5 Å². The van der Waals surface area contributed by atoms with Gasteiger partial charge in [-0.1, -0.05) is 18.2 Å². The predicted octanol–water partition coefficient (Wildman–Crippen LogP) is 3.37. The number of H-pyrrole nitrogens is 1. The van der Waals surface area contributed by atoms with Crippen molar-refractivity contribution in [1.82, 2.24) is 14.8 Å². The van der Waals surface area contributed by atoms with Crippen LogP contribution >= 0.6 is 0 Å². The zero-order chi connectivity index (χ0) is 24.2. The van der Waals surface area contributed by atoms with Crippen LogP contribution < -0.4 is 26.2 Å². The number of aryl methyl sites for hydroxylation is 1. The van der Waals surface area contributed by atoms with Gasteiger partial charge in [0, 0.05) is 11.3 Å². The molecule has 1 heterocycles. The first-order valence-electron chi connectivity index (χ1n) is 10.6. The molecule has 0 spiro atoms. The lowest BCUT2D eigenvalue weighted by molar-refractivity contribution is 0.411. The van der Waals surface area contributed by atoms with Gasteiger partial charge in [-0.3, -0.25) is 10.4 Å². The number of methoxy groups -OCH3 is 2. The minimum Gasteiger partial charge on any atom is -0.497 e. The van der Waals surface area contributed by atoms with Crippen molar-refractivity contribution >= 4 is 11.5 Å². The molecule has 0 saturated heterocycles. The summed E-state index contributed by atoms with van der Waals surface area (Å²) < 4.78 is 12.2. The number of ether oxygens (including phenoxy) is 2. The quantitative estimate of drug-likeness (QED) is 0.237. The largest absolute Gasteiger partial charge is 0.497 e. The number of para-hydroxylation sites is 2. The van der Waals surface area contributed by atoms with Crippen molar-refractivity contribution in [2.45, 2.75) is 13.0 Å². The van der Waals surface area contributed by atoms with Crippen molar-refractivity contribution < 1.29 is 9.47 Å². The van der Waals surface area contributed by atoms with Crippen molar-refractivity contribution in [1.29, 1.82) is 5.41 Å². The Morgan fingerprint density at radius 1 is 1.09 bits per heavy atom. The molecule has 0 aliphatic rings. The number of aromatic amines is 1. The molecule has 1 aromatic heterocycles. The average molecular weight is 459 g/mol. The van der Waals surface area contributed by atoms with Crippen LogP contribution in [0.15, 0.2) is 71.5 Å². The van der Waals surface area contributed by atoms with Gasteiger partial charge < -0.3 is 20.5 Å². The Morgan fingerprint density at radius 2 is 1.82 bits per heavy atom. The molecule has 4 aromatic rings. The van der Waals surface area contributed by atoms with E-state index in [1.807, 2.05) is 49.4 Å². The van der Waals surface area contributed by atoms with Gasteiger partial charge in [0.25, 0.3) is 0 Å². The lowest BCUT2D eigenvalue weighted by Gasteiger charge is -2.20. The van der Waals surface area contributed by atoms with Crippen LogP contribution in [-0.4, -0.2) is 34.8 Å². The van der Waals surface area contributed by atoms with E-state index < -0.39 is 11.7 Å². The van der Waals surface area contributed by atoms with Crippen molar-refractivity contribution in [2.24, 2.45) is 5.73 Å². The number of amidine groups is 1. The number of benzene rings is 3. The third-order valence-electron chi connectivity index (χ3n) is 5.37. The molecular formula is C25H26N6O3. The molecule has 0 aliphatic heterocycles. The van der Waals surface area contributed by atoms with Gasteiger partial charge in [0.05, 0.1) is 14.2 Å². The first kappa shape index (κ1) is 22.7. The molecule has 1 atom stereocenters. The summed E-state index contributed by atoms with van der Waals surface area (Å²) >= 11 is 0. The number of anilines is 1. The van der Waals surface area contributed by atoms with Gasteiger partial charge in [0.2, 0.25) is 0 Å². The van der Waals surface area contributed by atoms with Gasteiger partial charge in [-0.25, -0.2) is 4.79 Å². The standard InChI is InChI=1S/C25H26N6O3/c1-15-12-17(14-19(13-15)33-2)22(28-18-10-8-16(9-11-18)23(26)27)24-29-25(32)31(30-24)20-6-4-5-7-21(20)34-3/h4-14,22,28H,1-3H3,(H3,26,27)(H,29,30,32). The number of rotatable bonds is 8. The normalized spacial score (nSPS) is 11.6. The van der Waals surface area contributed by atoms with Crippen LogP contribution in [0.2, 0.25) is 0 Å². The highest BCUT2D eigenvalue weighted by molar-refractivity contribution is 5.95. The number of nitrogens with two attached hydrogens (primary N) is 1. The monoisotopic (exact) mass is 458 g/mol. The van der Waals surface area contributed by atoms with E-state index >= 15 is 0 Å². The third-order valence-corrected chi connectivity index (χ3v) is 5.37. The number of hydrogen-bond donors (Lipinski definition) is 4. The van der Waals surface area contributed by atoms with Gasteiger partial charge in [-0.05, 0) is 66.6 Å². The molecule has 0 saturated carbocycles. The highest BCUT2D eigenvalue weighted by Crippen LogP contribution is 2.29. The third kappa shape index (κ3) is 4.63. The zero-order valence-corrected chi connectivity index (χ0v) is 19.1. The minimum atomic E-state index is -0.499. The van der Waals surface area contributed by atoms with Crippen LogP contribution in [0.4, 0.5) is 5.69 Å². The molecule has 9 nitrogen and oxygen atoms in total. The van der Waals surface area contributed by atoms with E-state index in [4.69, 9.17) is 20.6 Å². The van der Waals surface area contributed by atoms with E-state index in [-0.39, 0.29) is 5.84 Å². The van der Waals surface area contributed by atoms with Crippen LogP contribution in [0.25, 0.3) is 5.69 Å². The summed E-state index contributed by atoms with van der Waals surface area (Å²) in [6, 6.07) is 19.7. The minimum absolute atomic E-state index is 0.00796. The van der Waals surface area contributed by atoms with Crippen LogP contribution in [0.3, 0.4) is 0 Å². The van der Waals surface area contributed by atoms with E-state index in [1.165, 1.54) is 4.68 Å². The summed E-state index contributed by atoms with van der Waals surface area (Å²) in [4.78, 5) is 15.8. The van der Waals surface area contributed by atoms with Crippen LogP contribution in [0.5, 0.6) is 11.5 Å². The average Bonchev–Trinajstić information content (AvgIpc) is 3.23. The summed E-state index contributed by atoms with van der Waals surface area (Å²) in [5.74, 6) is 1.63. The van der Waals surface area contributed by atoms with E-state index in [9.17, 15) is 4.79 Å². The number of nitrogen functional groups attached to an aromatic ring is 1. The summed E-state index contributed by atoms with van der Waals surface area (Å²) in [7, 11) is 3.16. The van der Waals surface area contributed by atoms with Crippen LogP contribution in [0, 0.1) is 12.3 Å². The molecule has 4 rings (SSSR count). The highest BCUT2D eigenvalue weighted by atomic mass is 16.5. The topological polar surface area (TPSA) is 131 Å². The molecule has 0 aliphatic carbocycles. The molecule has 0 radical (unpaired) electrons. The first-order chi connectivity index (χ1) is 16.4. The maximum atomic E-state index is 12.9. The van der Waals surface area contributed by atoms with Crippen molar-refractivity contribution in [3.8, 4) is 17.2 Å². The number of aromatic nitrogens is 3. The van der Waals surface area contributed by atoms with Gasteiger partial charge in [0.15, 0.2) is 5.82 Å². The fraction of sp³-hybridized carbons (Fsp3) is 0.160. The maximum absolute atomic E-state index is 12.9. The summed E-state index contributed by atoms with van der Waals surface area (Å²) in [5.41, 5.74) is 8.96. The number of nitrogens with zero attached hydrogens (tertiary/aromatic N) is 2. The number of nitrogens with one attached hydrogen (secondary N) is 3. The maximum Gasteiger partial charge on any atom is 0.348 e. The Hall–Kier alpha value is -4.53. The van der Waals surface area contributed by atoms with E-state index in [0.717, 1.165) is 16.8 Å². The molecule has 174 valence electrons. The summed E-state index contributed by atoms with van der Waals surface area (Å²) in [6.45, 7) is 1.97. The molecule has 0 amide bonds. The molecule has 34 heavy (non-hydrogen) atoms.